The molecule has 4 aliphatic heterocycles. The van der Waals surface area contributed by atoms with Crippen LogP contribution in [0.2, 0.25) is 0 Å². The van der Waals surface area contributed by atoms with Gasteiger partial charge in [-0.2, -0.15) is 0 Å². The highest BCUT2D eigenvalue weighted by Gasteiger charge is 2.46. The summed E-state index contributed by atoms with van der Waals surface area (Å²) in [5, 5.41) is 6.11. The van der Waals surface area contributed by atoms with E-state index in [0.29, 0.717) is 24.1 Å². The van der Waals surface area contributed by atoms with Crippen molar-refractivity contribution < 1.29 is 14.4 Å². The standard InChI is InChI=1S/C23H30N4O3/c1-26(10-8-23-11-15(12-23)7-9-24-23)13-16-3-2-4-17-18(16)14-27(22(17)30)19-5-6-20(28)25-21(19)29/h2-4,15,19,24H,5-14H2,1H3,(H,25,28,29). The van der Waals surface area contributed by atoms with Crippen LogP contribution in [0, 0.1) is 5.92 Å². The van der Waals surface area contributed by atoms with Crippen LogP contribution in [0.15, 0.2) is 18.2 Å². The summed E-state index contributed by atoms with van der Waals surface area (Å²) < 4.78 is 0. The number of carbonyl (C=O) groups excluding carboxylic acids is 3. The molecule has 30 heavy (non-hydrogen) atoms. The predicted molar refractivity (Wildman–Crippen MR) is 112 cm³/mol. The summed E-state index contributed by atoms with van der Waals surface area (Å²) in [4.78, 5) is 40.7. The molecule has 6 rings (SSSR count). The molecule has 2 N–H and O–H groups in total. The van der Waals surface area contributed by atoms with Crippen LogP contribution in [0.4, 0.5) is 0 Å². The summed E-state index contributed by atoms with van der Waals surface area (Å²) in [5.41, 5.74) is 3.23. The Morgan fingerprint density at radius 1 is 1.20 bits per heavy atom. The van der Waals surface area contributed by atoms with E-state index in [1.54, 1.807) is 4.90 Å². The van der Waals surface area contributed by atoms with E-state index < -0.39 is 6.04 Å². The number of hydrogen-bond acceptors (Lipinski definition) is 5. The van der Waals surface area contributed by atoms with Gasteiger partial charge in [-0.3, -0.25) is 19.7 Å². The van der Waals surface area contributed by atoms with Crippen LogP contribution in [0.1, 0.15) is 60.0 Å². The third-order valence-corrected chi connectivity index (χ3v) is 7.50. The van der Waals surface area contributed by atoms with Crippen LogP contribution < -0.4 is 10.6 Å². The highest BCUT2D eigenvalue weighted by molar-refractivity contribution is 6.05. The van der Waals surface area contributed by atoms with Crippen molar-refractivity contribution in [3.8, 4) is 0 Å². The van der Waals surface area contributed by atoms with Gasteiger partial charge in [-0.25, -0.2) is 0 Å². The van der Waals surface area contributed by atoms with Gasteiger partial charge in [-0.1, -0.05) is 12.1 Å². The van der Waals surface area contributed by atoms with E-state index in [9.17, 15) is 14.4 Å². The first-order valence-corrected chi connectivity index (χ1v) is 11.1. The van der Waals surface area contributed by atoms with E-state index in [1.807, 2.05) is 12.1 Å². The number of nitrogens with one attached hydrogen (secondary N) is 2. The Balaban J connectivity index is 1.25. The summed E-state index contributed by atoms with van der Waals surface area (Å²) in [6, 6.07) is 5.32. The van der Waals surface area contributed by atoms with Gasteiger partial charge in [0.1, 0.15) is 6.04 Å². The van der Waals surface area contributed by atoms with E-state index in [-0.39, 0.29) is 24.1 Å². The SMILES string of the molecule is CN(CCC12CC(CCN1)C2)Cc1cccc2c1CN(C1CCC(=O)NC1=O)C2=O. The van der Waals surface area contributed by atoms with Gasteiger partial charge >= 0.3 is 0 Å². The van der Waals surface area contributed by atoms with Gasteiger partial charge in [0, 0.05) is 30.6 Å². The smallest absolute Gasteiger partial charge is 0.255 e. The summed E-state index contributed by atoms with van der Waals surface area (Å²) in [7, 11) is 2.14. The van der Waals surface area contributed by atoms with Gasteiger partial charge in [0.25, 0.3) is 5.91 Å². The Hall–Kier alpha value is -2.25. The fraction of sp³-hybridized carbons (Fsp3) is 0.609. The second-order valence-corrected chi connectivity index (χ2v) is 9.60. The zero-order valence-corrected chi connectivity index (χ0v) is 17.6. The zero-order valence-electron chi connectivity index (χ0n) is 17.6. The monoisotopic (exact) mass is 410 g/mol. The Morgan fingerprint density at radius 2 is 2.03 bits per heavy atom. The molecule has 7 nitrogen and oxygen atoms in total. The second kappa shape index (κ2) is 7.46. The lowest BCUT2D eigenvalue weighted by Gasteiger charge is -2.54. The van der Waals surface area contributed by atoms with Gasteiger partial charge in [0.05, 0.1) is 0 Å². The van der Waals surface area contributed by atoms with E-state index in [0.717, 1.165) is 43.1 Å². The fourth-order valence-corrected chi connectivity index (χ4v) is 5.80. The summed E-state index contributed by atoms with van der Waals surface area (Å²) in [5.74, 6) is 0.213. The second-order valence-electron chi connectivity index (χ2n) is 9.60. The van der Waals surface area contributed by atoms with Crippen LogP contribution >= 0.6 is 0 Å². The number of imide groups is 1. The van der Waals surface area contributed by atoms with Crippen LogP contribution in [-0.4, -0.2) is 59.2 Å². The van der Waals surface area contributed by atoms with Gasteiger partial charge in [-0.15, -0.1) is 0 Å². The highest BCUT2D eigenvalue weighted by Crippen LogP contribution is 2.45. The first-order chi connectivity index (χ1) is 14.4. The molecule has 160 valence electrons. The average molecular weight is 411 g/mol. The minimum absolute atomic E-state index is 0.102. The van der Waals surface area contributed by atoms with E-state index in [4.69, 9.17) is 0 Å². The highest BCUT2D eigenvalue weighted by atomic mass is 16.2. The molecule has 3 saturated heterocycles. The summed E-state index contributed by atoms with van der Waals surface area (Å²) in [6.45, 7) is 3.41. The van der Waals surface area contributed by atoms with E-state index in [2.05, 4.69) is 28.6 Å². The van der Waals surface area contributed by atoms with E-state index in [1.165, 1.54) is 19.3 Å². The van der Waals surface area contributed by atoms with E-state index >= 15 is 0 Å². The number of rotatable bonds is 6. The van der Waals surface area contributed by atoms with Gasteiger partial charge < -0.3 is 15.1 Å². The maximum absolute atomic E-state index is 13.0. The van der Waals surface area contributed by atoms with Crippen molar-refractivity contribution in [1.29, 1.82) is 0 Å². The van der Waals surface area contributed by atoms with Crippen molar-refractivity contribution in [3.05, 3.63) is 34.9 Å². The number of nitrogens with zero attached hydrogens (tertiary/aromatic N) is 2. The molecule has 1 unspecified atom stereocenters. The Labute approximate surface area is 177 Å². The minimum Gasteiger partial charge on any atom is -0.322 e. The van der Waals surface area contributed by atoms with Crippen molar-refractivity contribution in [1.82, 2.24) is 20.4 Å². The summed E-state index contributed by atoms with van der Waals surface area (Å²) >= 11 is 0. The van der Waals surface area contributed by atoms with Crippen molar-refractivity contribution >= 4 is 17.7 Å². The molecule has 4 fully saturated rings. The maximum Gasteiger partial charge on any atom is 0.255 e. The average Bonchev–Trinajstić information content (AvgIpc) is 3.04. The fourth-order valence-electron chi connectivity index (χ4n) is 5.80. The number of carbonyl (C=O) groups is 3. The Morgan fingerprint density at radius 3 is 2.77 bits per heavy atom. The molecular formula is C23H30N4O3. The number of fused-ring (bicyclic) bond motifs is 3. The zero-order chi connectivity index (χ0) is 20.9. The lowest BCUT2D eigenvalue weighted by molar-refractivity contribution is -0.136. The molecule has 0 radical (unpaired) electrons. The van der Waals surface area contributed by atoms with Crippen molar-refractivity contribution in [2.24, 2.45) is 5.92 Å². The molecular weight excluding hydrogens is 380 g/mol. The molecule has 1 saturated carbocycles. The molecule has 1 aromatic carbocycles. The van der Waals surface area contributed by atoms with Crippen LogP contribution in [-0.2, 0) is 22.7 Å². The molecule has 4 heterocycles. The first kappa shape index (κ1) is 19.7. The predicted octanol–water partition coefficient (Wildman–Crippen LogP) is 1.41. The molecule has 3 amide bonds. The van der Waals surface area contributed by atoms with Gasteiger partial charge in [0.15, 0.2) is 0 Å². The molecule has 1 atom stereocenters. The molecule has 0 aromatic heterocycles. The molecule has 2 bridgehead atoms. The molecule has 7 heteroatoms. The number of benzene rings is 1. The summed E-state index contributed by atoms with van der Waals surface area (Å²) in [6.07, 6.45) is 5.80. The van der Waals surface area contributed by atoms with Crippen molar-refractivity contribution in [3.63, 3.8) is 0 Å². The van der Waals surface area contributed by atoms with Crippen LogP contribution in [0.3, 0.4) is 0 Å². The first-order valence-electron chi connectivity index (χ1n) is 11.1. The third kappa shape index (κ3) is 3.44. The minimum atomic E-state index is -0.559. The normalized spacial score (nSPS) is 30.3. The third-order valence-electron chi connectivity index (χ3n) is 7.50. The molecule has 0 spiro atoms. The largest absolute Gasteiger partial charge is 0.322 e. The maximum atomic E-state index is 13.0. The number of piperidine rings is 3. The van der Waals surface area contributed by atoms with Crippen LogP contribution in [0.25, 0.3) is 0 Å². The molecule has 5 aliphatic rings. The van der Waals surface area contributed by atoms with Gasteiger partial charge in [-0.05, 0) is 75.4 Å². The number of amides is 3. The quantitative estimate of drug-likeness (QED) is 0.693. The molecule has 1 aromatic rings. The lowest BCUT2D eigenvalue weighted by atomic mass is 9.62. The topological polar surface area (TPSA) is 81.8 Å². The van der Waals surface area contributed by atoms with Crippen molar-refractivity contribution in [2.45, 2.75) is 63.2 Å². The molecule has 1 aliphatic carbocycles. The van der Waals surface area contributed by atoms with Gasteiger partial charge in [0.2, 0.25) is 11.8 Å². The Bertz CT molecular complexity index is 887. The van der Waals surface area contributed by atoms with Crippen LogP contribution in [0.5, 0.6) is 0 Å². The lowest BCUT2D eigenvalue weighted by Crippen LogP contribution is -2.61. The van der Waals surface area contributed by atoms with Crippen molar-refractivity contribution in [2.75, 3.05) is 20.1 Å². The Kier molecular flexibility index (Phi) is 4.90. The number of hydrogen-bond donors (Lipinski definition) is 2.